The summed E-state index contributed by atoms with van der Waals surface area (Å²) in [6, 6.07) is -0.167. The number of carbonyl (C=O) groups excluding carboxylic acids is 1. The fourth-order valence-electron chi connectivity index (χ4n) is 1.42. The van der Waals surface area contributed by atoms with Gasteiger partial charge >= 0.3 is 0 Å². The van der Waals surface area contributed by atoms with Gasteiger partial charge in [-0.15, -0.1) is 0 Å². The van der Waals surface area contributed by atoms with Crippen LogP contribution in [0.4, 0.5) is 0 Å². The molecular weight excluding hydrogens is 204 g/mol. The highest BCUT2D eigenvalue weighted by Gasteiger charge is 2.13. The van der Waals surface area contributed by atoms with Crippen LogP contribution in [-0.2, 0) is 17.9 Å². The lowest BCUT2D eigenvalue weighted by Gasteiger charge is -2.17. The van der Waals surface area contributed by atoms with Crippen LogP contribution in [0.15, 0.2) is 12.4 Å². The van der Waals surface area contributed by atoms with Crippen molar-refractivity contribution in [1.29, 1.82) is 0 Å². The molecule has 0 aliphatic rings. The van der Waals surface area contributed by atoms with Gasteiger partial charge in [0.25, 0.3) is 0 Å². The number of likely N-dealkylation sites (N-methyl/N-ethyl adjacent to an activating group) is 1. The van der Waals surface area contributed by atoms with Crippen molar-refractivity contribution in [2.45, 2.75) is 33.0 Å². The number of rotatable bonds is 5. The number of aryl methyl sites for hydroxylation is 1. The third-order valence-electron chi connectivity index (χ3n) is 2.43. The SMILES string of the molecule is CCn1cc(CNC(C)C(=O)N(C)C)cn1. The van der Waals surface area contributed by atoms with Crippen molar-refractivity contribution >= 4 is 5.91 Å². The van der Waals surface area contributed by atoms with Gasteiger partial charge < -0.3 is 10.2 Å². The van der Waals surface area contributed by atoms with Crippen LogP contribution in [0.25, 0.3) is 0 Å². The van der Waals surface area contributed by atoms with Crippen LogP contribution in [0, 0.1) is 0 Å². The van der Waals surface area contributed by atoms with E-state index >= 15 is 0 Å². The Balaban J connectivity index is 2.42. The molecule has 0 saturated heterocycles. The monoisotopic (exact) mass is 224 g/mol. The molecule has 16 heavy (non-hydrogen) atoms. The quantitative estimate of drug-likeness (QED) is 0.791. The fraction of sp³-hybridized carbons (Fsp3) is 0.636. The molecule has 5 nitrogen and oxygen atoms in total. The molecule has 0 radical (unpaired) electrons. The number of nitrogens with one attached hydrogen (secondary N) is 1. The van der Waals surface area contributed by atoms with E-state index in [0.29, 0.717) is 6.54 Å². The van der Waals surface area contributed by atoms with Gasteiger partial charge in [0, 0.05) is 38.9 Å². The molecule has 1 atom stereocenters. The molecule has 0 aliphatic carbocycles. The maximum Gasteiger partial charge on any atom is 0.238 e. The number of nitrogens with zero attached hydrogens (tertiary/aromatic N) is 3. The van der Waals surface area contributed by atoms with E-state index in [1.54, 1.807) is 19.0 Å². The Morgan fingerprint density at radius 3 is 2.81 bits per heavy atom. The smallest absolute Gasteiger partial charge is 0.238 e. The minimum Gasteiger partial charge on any atom is -0.347 e. The molecule has 1 aromatic rings. The van der Waals surface area contributed by atoms with Gasteiger partial charge in [-0.25, -0.2) is 0 Å². The highest BCUT2D eigenvalue weighted by Crippen LogP contribution is 1.98. The highest BCUT2D eigenvalue weighted by atomic mass is 16.2. The zero-order valence-electron chi connectivity index (χ0n) is 10.4. The molecule has 0 spiro atoms. The third kappa shape index (κ3) is 3.34. The third-order valence-corrected chi connectivity index (χ3v) is 2.43. The molecule has 5 heteroatoms. The van der Waals surface area contributed by atoms with Crippen molar-refractivity contribution in [2.24, 2.45) is 0 Å². The first kappa shape index (κ1) is 12.7. The maximum atomic E-state index is 11.6. The molecule has 1 aromatic heterocycles. The molecule has 1 rings (SSSR count). The first-order chi connectivity index (χ1) is 7.54. The van der Waals surface area contributed by atoms with E-state index in [1.807, 2.05) is 30.9 Å². The molecule has 1 N–H and O–H groups in total. The van der Waals surface area contributed by atoms with E-state index in [0.717, 1.165) is 12.1 Å². The van der Waals surface area contributed by atoms with Crippen LogP contribution in [0.5, 0.6) is 0 Å². The van der Waals surface area contributed by atoms with E-state index in [2.05, 4.69) is 10.4 Å². The predicted molar refractivity (Wildman–Crippen MR) is 62.9 cm³/mol. The number of hydrogen-bond acceptors (Lipinski definition) is 3. The Kier molecular flexibility index (Phi) is 4.49. The number of hydrogen-bond donors (Lipinski definition) is 1. The molecule has 0 fully saturated rings. The molecule has 1 unspecified atom stereocenters. The largest absolute Gasteiger partial charge is 0.347 e. The standard InChI is InChI=1S/C11H20N4O/c1-5-15-8-10(7-13-15)6-12-9(2)11(16)14(3)4/h7-9,12H,5-6H2,1-4H3. The Bertz CT molecular complexity index is 346. The van der Waals surface area contributed by atoms with Gasteiger partial charge in [0.15, 0.2) is 0 Å². The molecule has 0 bridgehead atoms. The van der Waals surface area contributed by atoms with Gasteiger partial charge in [-0.05, 0) is 13.8 Å². The molecule has 90 valence electrons. The van der Waals surface area contributed by atoms with Crippen LogP contribution in [0.1, 0.15) is 19.4 Å². The summed E-state index contributed by atoms with van der Waals surface area (Å²) in [4.78, 5) is 13.2. The zero-order valence-corrected chi connectivity index (χ0v) is 10.4. The Labute approximate surface area is 96.4 Å². The summed E-state index contributed by atoms with van der Waals surface area (Å²) in [5.41, 5.74) is 1.10. The lowest BCUT2D eigenvalue weighted by molar-refractivity contribution is -0.130. The van der Waals surface area contributed by atoms with Crippen LogP contribution in [0.3, 0.4) is 0 Å². The second-order valence-electron chi connectivity index (χ2n) is 4.04. The van der Waals surface area contributed by atoms with Crippen LogP contribution in [0.2, 0.25) is 0 Å². The first-order valence-corrected chi connectivity index (χ1v) is 5.50. The summed E-state index contributed by atoms with van der Waals surface area (Å²) in [5.74, 6) is 0.0860. The number of carbonyl (C=O) groups is 1. The lowest BCUT2D eigenvalue weighted by Crippen LogP contribution is -2.41. The van der Waals surface area contributed by atoms with Crippen molar-refractivity contribution in [1.82, 2.24) is 20.0 Å². The van der Waals surface area contributed by atoms with Gasteiger partial charge in [-0.3, -0.25) is 9.48 Å². The van der Waals surface area contributed by atoms with E-state index in [-0.39, 0.29) is 11.9 Å². The number of amides is 1. The van der Waals surface area contributed by atoms with E-state index in [4.69, 9.17) is 0 Å². The van der Waals surface area contributed by atoms with Crippen LogP contribution < -0.4 is 5.32 Å². The molecule has 0 saturated carbocycles. The maximum absolute atomic E-state index is 11.6. The highest BCUT2D eigenvalue weighted by molar-refractivity contribution is 5.80. The Morgan fingerprint density at radius 2 is 2.31 bits per heavy atom. The van der Waals surface area contributed by atoms with E-state index in [1.165, 1.54) is 0 Å². The van der Waals surface area contributed by atoms with Crippen molar-refractivity contribution < 1.29 is 4.79 Å². The van der Waals surface area contributed by atoms with Crippen molar-refractivity contribution in [2.75, 3.05) is 14.1 Å². The van der Waals surface area contributed by atoms with E-state index in [9.17, 15) is 4.79 Å². The zero-order chi connectivity index (χ0) is 12.1. The van der Waals surface area contributed by atoms with E-state index < -0.39 is 0 Å². The lowest BCUT2D eigenvalue weighted by atomic mass is 10.2. The van der Waals surface area contributed by atoms with Crippen LogP contribution >= 0.6 is 0 Å². The average Bonchev–Trinajstić information content (AvgIpc) is 2.72. The van der Waals surface area contributed by atoms with Gasteiger partial charge in [-0.2, -0.15) is 5.10 Å². The second kappa shape index (κ2) is 5.65. The molecule has 1 heterocycles. The normalized spacial score (nSPS) is 12.5. The summed E-state index contributed by atoms with van der Waals surface area (Å²) < 4.78 is 1.87. The minimum atomic E-state index is -0.167. The predicted octanol–water partition coefficient (Wildman–Crippen LogP) is 0.469. The second-order valence-corrected chi connectivity index (χ2v) is 4.04. The van der Waals surface area contributed by atoms with Gasteiger partial charge in [0.05, 0.1) is 12.2 Å². The minimum absolute atomic E-state index is 0.0860. The number of aromatic nitrogens is 2. The Hall–Kier alpha value is -1.36. The van der Waals surface area contributed by atoms with Gasteiger partial charge in [0.2, 0.25) is 5.91 Å². The van der Waals surface area contributed by atoms with Crippen molar-refractivity contribution in [3.8, 4) is 0 Å². The van der Waals surface area contributed by atoms with Gasteiger partial charge in [0.1, 0.15) is 0 Å². The average molecular weight is 224 g/mol. The summed E-state index contributed by atoms with van der Waals surface area (Å²) in [7, 11) is 3.52. The molecular formula is C11H20N4O. The van der Waals surface area contributed by atoms with Crippen LogP contribution in [-0.4, -0.2) is 40.7 Å². The topological polar surface area (TPSA) is 50.2 Å². The molecule has 0 aromatic carbocycles. The fourth-order valence-corrected chi connectivity index (χ4v) is 1.42. The summed E-state index contributed by atoms with van der Waals surface area (Å²) in [6.07, 6.45) is 3.81. The summed E-state index contributed by atoms with van der Waals surface area (Å²) in [5, 5.41) is 7.35. The van der Waals surface area contributed by atoms with Gasteiger partial charge in [-0.1, -0.05) is 0 Å². The summed E-state index contributed by atoms with van der Waals surface area (Å²) in [6.45, 7) is 5.45. The first-order valence-electron chi connectivity index (χ1n) is 5.50. The van der Waals surface area contributed by atoms with Crippen molar-refractivity contribution in [3.05, 3.63) is 18.0 Å². The Morgan fingerprint density at radius 1 is 1.62 bits per heavy atom. The van der Waals surface area contributed by atoms with Crippen molar-refractivity contribution in [3.63, 3.8) is 0 Å². The molecule has 1 amide bonds. The summed E-state index contributed by atoms with van der Waals surface area (Å²) >= 11 is 0. The molecule has 0 aliphatic heterocycles.